The molecule has 1 aromatic carbocycles. The van der Waals surface area contributed by atoms with Crippen molar-refractivity contribution in [2.24, 2.45) is 0 Å². The number of imidazole rings is 1. The summed E-state index contributed by atoms with van der Waals surface area (Å²) in [5.74, 6) is 0.430. The van der Waals surface area contributed by atoms with Crippen LogP contribution in [0.2, 0.25) is 0 Å². The van der Waals surface area contributed by atoms with Crippen molar-refractivity contribution in [3.8, 4) is 5.88 Å². The maximum absolute atomic E-state index is 10.8. The number of aromatic nitrogens is 2. The molecular weight excluding hydrogens is 292 g/mol. The lowest BCUT2D eigenvalue weighted by Gasteiger charge is -2.14. The zero-order valence-corrected chi connectivity index (χ0v) is 13.1. The van der Waals surface area contributed by atoms with Crippen molar-refractivity contribution in [2.75, 3.05) is 24.3 Å². The second-order valence-electron chi connectivity index (χ2n) is 5.34. The van der Waals surface area contributed by atoms with Crippen molar-refractivity contribution < 1.29 is 9.53 Å². The normalized spacial score (nSPS) is 10.5. The standard InChI is InChI=1S/C17H18N4O2/c1-20(2)14-5-3-13(4-6-14)11-19-15-7-8-16-18-9-10-21(16)17(15)23-12-22/h3-10,12,19H,11H2,1-2H3. The molecule has 2 heterocycles. The maximum atomic E-state index is 10.8. The van der Waals surface area contributed by atoms with E-state index < -0.39 is 0 Å². The number of hydrogen-bond acceptors (Lipinski definition) is 5. The van der Waals surface area contributed by atoms with E-state index in [-0.39, 0.29) is 0 Å². The lowest BCUT2D eigenvalue weighted by Crippen LogP contribution is -2.09. The molecule has 0 amide bonds. The molecule has 0 aliphatic rings. The molecule has 3 aromatic rings. The van der Waals surface area contributed by atoms with Crippen LogP contribution in [-0.2, 0) is 11.3 Å². The van der Waals surface area contributed by atoms with Crippen molar-refractivity contribution in [1.29, 1.82) is 0 Å². The van der Waals surface area contributed by atoms with Gasteiger partial charge in [-0.25, -0.2) is 4.98 Å². The number of benzene rings is 1. The van der Waals surface area contributed by atoms with Crippen molar-refractivity contribution in [2.45, 2.75) is 6.54 Å². The molecule has 1 N–H and O–H groups in total. The number of hydrogen-bond donors (Lipinski definition) is 1. The minimum Gasteiger partial charge on any atom is -0.409 e. The van der Waals surface area contributed by atoms with Gasteiger partial charge in [-0.2, -0.15) is 0 Å². The largest absolute Gasteiger partial charge is 0.409 e. The first kappa shape index (κ1) is 14.9. The third-order valence-electron chi connectivity index (χ3n) is 3.61. The second-order valence-corrected chi connectivity index (χ2v) is 5.34. The molecule has 0 saturated carbocycles. The van der Waals surface area contributed by atoms with Gasteiger partial charge in [0.2, 0.25) is 5.88 Å². The summed E-state index contributed by atoms with van der Waals surface area (Å²) in [6.07, 6.45) is 3.42. The van der Waals surface area contributed by atoms with Gasteiger partial charge in [-0.3, -0.25) is 9.20 Å². The molecule has 3 rings (SSSR count). The Hall–Kier alpha value is -3.02. The molecule has 0 aliphatic carbocycles. The Labute approximate surface area is 134 Å². The Morgan fingerprint density at radius 2 is 2.00 bits per heavy atom. The zero-order valence-electron chi connectivity index (χ0n) is 13.1. The molecule has 6 heteroatoms. The molecule has 0 unspecified atom stereocenters. The van der Waals surface area contributed by atoms with Crippen molar-refractivity contribution in [1.82, 2.24) is 9.38 Å². The highest BCUT2D eigenvalue weighted by Crippen LogP contribution is 2.26. The summed E-state index contributed by atoms with van der Waals surface area (Å²) in [6.45, 7) is 1.05. The first-order valence-corrected chi connectivity index (χ1v) is 7.25. The molecule has 118 valence electrons. The summed E-state index contributed by atoms with van der Waals surface area (Å²) >= 11 is 0. The van der Waals surface area contributed by atoms with Crippen LogP contribution in [-0.4, -0.2) is 30.0 Å². The molecular formula is C17H18N4O2. The van der Waals surface area contributed by atoms with Gasteiger partial charge in [0.25, 0.3) is 6.47 Å². The van der Waals surface area contributed by atoms with E-state index in [0.29, 0.717) is 18.9 Å². The monoisotopic (exact) mass is 310 g/mol. The number of carbonyl (C=O) groups excluding carboxylic acids is 1. The maximum Gasteiger partial charge on any atom is 0.299 e. The van der Waals surface area contributed by atoms with E-state index in [2.05, 4.69) is 39.5 Å². The van der Waals surface area contributed by atoms with Gasteiger partial charge in [-0.05, 0) is 29.8 Å². The van der Waals surface area contributed by atoms with Crippen molar-refractivity contribution in [3.63, 3.8) is 0 Å². The molecule has 0 spiro atoms. The van der Waals surface area contributed by atoms with Gasteiger partial charge in [0.1, 0.15) is 5.65 Å². The average molecular weight is 310 g/mol. The minimum atomic E-state index is 0.422. The van der Waals surface area contributed by atoms with Gasteiger partial charge < -0.3 is 15.0 Å². The van der Waals surface area contributed by atoms with Crippen LogP contribution in [0.4, 0.5) is 11.4 Å². The summed E-state index contributed by atoms with van der Waals surface area (Å²) in [5, 5.41) is 3.30. The molecule has 0 radical (unpaired) electrons. The van der Waals surface area contributed by atoms with E-state index in [4.69, 9.17) is 4.74 Å². The van der Waals surface area contributed by atoms with Crippen LogP contribution >= 0.6 is 0 Å². The Balaban J connectivity index is 1.80. The number of pyridine rings is 1. The van der Waals surface area contributed by atoms with Crippen LogP contribution in [0.3, 0.4) is 0 Å². The Morgan fingerprint density at radius 3 is 2.70 bits per heavy atom. The highest BCUT2D eigenvalue weighted by atomic mass is 16.5. The van der Waals surface area contributed by atoms with E-state index in [0.717, 1.165) is 22.6 Å². The topological polar surface area (TPSA) is 58.9 Å². The highest BCUT2D eigenvalue weighted by molar-refractivity contribution is 5.63. The molecule has 0 atom stereocenters. The quantitative estimate of drug-likeness (QED) is 0.709. The number of anilines is 2. The highest BCUT2D eigenvalue weighted by Gasteiger charge is 2.09. The summed E-state index contributed by atoms with van der Waals surface area (Å²) in [6, 6.07) is 12.0. The number of nitrogens with one attached hydrogen (secondary N) is 1. The molecule has 0 fully saturated rings. The Morgan fingerprint density at radius 1 is 1.22 bits per heavy atom. The lowest BCUT2D eigenvalue weighted by atomic mass is 10.2. The van der Waals surface area contributed by atoms with Crippen LogP contribution in [0, 0.1) is 0 Å². The number of fused-ring (bicyclic) bond motifs is 1. The summed E-state index contributed by atoms with van der Waals surface area (Å²) < 4.78 is 6.85. The van der Waals surface area contributed by atoms with E-state index in [1.807, 2.05) is 26.2 Å². The van der Waals surface area contributed by atoms with E-state index in [9.17, 15) is 4.79 Å². The van der Waals surface area contributed by atoms with Crippen LogP contribution < -0.4 is 15.0 Å². The molecule has 6 nitrogen and oxygen atoms in total. The van der Waals surface area contributed by atoms with Crippen LogP contribution in [0.15, 0.2) is 48.8 Å². The smallest absolute Gasteiger partial charge is 0.299 e. The van der Waals surface area contributed by atoms with Crippen LogP contribution in [0.1, 0.15) is 5.56 Å². The Kier molecular flexibility index (Phi) is 4.14. The molecule has 2 aromatic heterocycles. The lowest BCUT2D eigenvalue weighted by molar-refractivity contribution is -0.120. The molecule has 0 bridgehead atoms. The Bertz CT molecular complexity index is 809. The van der Waals surface area contributed by atoms with Crippen molar-refractivity contribution in [3.05, 3.63) is 54.4 Å². The fraction of sp³-hybridized carbons (Fsp3) is 0.176. The van der Waals surface area contributed by atoms with E-state index in [1.165, 1.54) is 0 Å². The van der Waals surface area contributed by atoms with Gasteiger partial charge in [-0.15, -0.1) is 0 Å². The van der Waals surface area contributed by atoms with Gasteiger partial charge >= 0.3 is 0 Å². The number of rotatable bonds is 6. The predicted octanol–water partition coefficient (Wildman–Crippen LogP) is 2.55. The number of carbonyl (C=O) groups is 1. The third-order valence-corrected chi connectivity index (χ3v) is 3.61. The van der Waals surface area contributed by atoms with E-state index in [1.54, 1.807) is 16.8 Å². The summed E-state index contributed by atoms with van der Waals surface area (Å²) in [4.78, 5) is 17.0. The fourth-order valence-electron chi connectivity index (χ4n) is 2.38. The summed E-state index contributed by atoms with van der Waals surface area (Å²) in [5.41, 5.74) is 3.75. The first-order valence-electron chi connectivity index (χ1n) is 7.25. The van der Waals surface area contributed by atoms with Crippen LogP contribution in [0.25, 0.3) is 5.65 Å². The fourth-order valence-corrected chi connectivity index (χ4v) is 2.38. The third kappa shape index (κ3) is 3.11. The number of ether oxygens (including phenoxy) is 1. The molecule has 0 aliphatic heterocycles. The first-order chi connectivity index (χ1) is 11.2. The van der Waals surface area contributed by atoms with E-state index >= 15 is 0 Å². The average Bonchev–Trinajstić information content (AvgIpc) is 3.03. The SMILES string of the molecule is CN(C)c1ccc(CNc2ccc3nccn3c2OC=O)cc1. The summed E-state index contributed by atoms with van der Waals surface area (Å²) in [7, 11) is 4.02. The minimum absolute atomic E-state index is 0.422. The van der Waals surface area contributed by atoms with Gasteiger partial charge in [0.15, 0.2) is 0 Å². The zero-order chi connectivity index (χ0) is 16.2. The second kappa shape index (κ2) is 6.39. The number of nitrogens with zero attached hydrogens (tertiary/aromatic N) is 3. The van der Waals surface area contributed by atoms with Crippen LogP contribution in [0.5, 0.6) is 5.88 Å². The predicted molar refractivity (Wildman–Crippen MR) is 90.0 cm³/mol. The molecule has 0 saturated heterocycles. The van der Waals surface area contributed by atoms with Crippen molar-refractivity contribution >= 4 is 23.5 Å². The van der Waals surface area contributed by atoms with Gasteiger partial charge in [-0.1, -0.05) is 12.1 Å². The van der Waals surface area contributed by atoms with Gasteiger partial charge in [0.05, 0.1) is 5.69 Å². The van der Waals surface area contributed by atoms with Gasteiger partial charge in [0, 0.05) is 38.7 Å². The molecule has 23 heavy (non-hydrogen) atoms.